The summed E-state index contributed by atoms with van der Waals surface area (Å²) < 4.78 is 28.3. The number of amides is 1. The summed E-state index contributed by atoms with van der Waals surface area (Å²) in [5, 5.41) is 5.16. The van der Waals surface area contributed by atoms with Crippen molar-refractivity contribution >= 4 is 21.8 Å². The fourth-order valence-electron chi connectivity index (χ4n) is 1.75. The third-order valence-corrected chi connectivity index (χ3v) is 3.86. The van der Waals surface area contributed by atoms with Crippen LogP contribution in [0.2, 0.25) is 0 Å². The first-order chi connectivity index (χ1) is 9.33. The highest BCUT2D eigenvalue weighted by atomic mass is 32.2. The number of carbonyl (C=O) groups is 1. The van der Waals surface area contributed by atoms with Crippen molar-refractivity contribution in [3.63, 3.8) is 0 Å². The van der Waals surface area contributed by atoms with E-state index in [0.29, 0.717) is 5.69 Å². The van der Waals surface area contributed by atoms with E-state index in [2.05, 4.69) is 0 Å². The van der Waals surface area contributed by atoms with E-state index in [9.17, 15) is 13.2 Å². The Balaban J connectivity index is 3.30. The van der Waals surface area contributed by atoms with Crippen LogP contribution in [0.5, 0.6) is 0 Å². The first-order valence-electron chi connectivity index (χ1n) is 6.43. The fourth-order valence-corrected chi connectivity index (χ4v) is 2.37. The number of benzene rings is 1. The third-order valence-electron chi connectivity index (χ3n) is 2.97. The largest absolute Gasteiger partial charge is 0.443 e. The van der Waals surface area contributed by atoms with Gasteiger partial charge < -0.3 is 4.74 Å². The molecule has 0 spiro atoms. The molecule has 7 heteroatoms. The molecule has 0 bridgehead atoms. The molecule has 0 aromatic heterocycles. The maximum Gasteiger partial charge on any atom is 0.414 e. The van der Waals surface area contributed by atoms with Crippen LogP contribution in [0, 0.1) is 13.8 Å². The van der Waals surface area contributed by atoms with E-state index >= 15 is 0 Å². The number of nitrogens with zero attached hydrogens (tertiary/aromatic N) is 1. The molecule has 0 unspecified atom stereocenters. The Morgan fingerprint density at radius 2 is 1.76 bits per heavy atom. The van der Waals surface area contributed by atoms with Crippen molar-refractivity contribution in [3.8, 4) is 0 Å². The third kappa shape index (κ3) is 4.44. The summed E-state index contributed by atoms with van der Waals surface area (Å²) in [6.45, 7) is 8.85. The summed E-state index contributed by atoms with van der Waals surface area (Å²) in [6.07, 6.45) is -0.559. The lowest BCUT2D eigenvalue weighted by molar-refractivity contribution is 0.0589. The standard InChI is InChI=1S/C14H22N2O4S/c1-9-7-11(21(15,18)19)8-12(10(9)2)16(6)13(17)20-14(3,4)5/h7-8H,1-6H3,(H2,15,18,19). The van der Waals surface area contributed by atoms with Gasteiger partial charge in [0.15, 0.2) is 0 Å². The predicted octanol–water partition coefficient (Wildman–Crippen LogP) is 2.32. The minimum atomic E-state index is -3.84. The lowest BCUT2D eigenvalue weighted by atomic mass is 10.1. The number of sulfonamides is 1. The van der Waals surface area contributed by atoms with Crippen LogP contribution < -0.4 is 10.0 Å². The quantitative estimate of drug-likeness (QED) is 0.907. The van der Waals surface area contributed by atoms with E-state index in [4.69, 9.17) is 9.88 Å². The van der Waals surface area contributed by atoms with Crippen LogP contribution in [0.3, 0.4) is 0 Å². The van der Waals surface area contributed by atoms with Crippen LogP contribution in [0.15, 0.2) is 17.0 Å². The highest BCUT2D eigenvalue weighted by Gasteiger charge is 2.23. The van der Waals surface area contributed by atoms with E-state index in [1.165, 1.54) is 24.1 Å². The highest BCUT2D eigenvalue weighted by Crippen LogP contribution is 2.27. The number of nitrogens with two attached hydrogens (primary N) is 1. The van der Waals surface area contributed by atoms with E-state index in [1.807, 2.05) is 0 Å². The van der Waals surface area contributed by atoms with E-state index in [1.54, 1.807) is 34.6 Å². The van der Waals surface area contributed by atoms with E-state index < -0.39 is 21.7 Å². The summed E-state index contributed by atoms with van der Waals surface area (Å²) >= 11 is 0. The van der Waals surface area contributed by atoms with Gasteiger partial charge in [-0.05, 0) is 57.9 Å². The van der Waals surface area contributed by atoms with Crippen molar-refractivity contribution in [1.82, 2.24) is 0 Å². The lowest BCUT2D eigenvalue weighted by Gasteiger charge is -2.26. The van der Waals surface area contributed by atoms with Gasteiger partial charge >= 0.3 is 6.09 Å². The molecular formula is C14H22N2O4S. The van der Waals surface area contributed by atoms with Gasteiger partial charge in [-0.1, -0.05) is 0 Å². The molecular weight excluding hydrogens is 292 g/mol. The Labute approximate surface area is 125 Å². The van der Waals surface area contributed by atoms with Gasteiger partial charge in [-0.25, -0.2) is 18.4 Å². The van der Waals surface area contributed by atoms with Crippen molar-refractivity contribution in [2.24, 2.45) is 5.14 Å². The van der Waals surface area contributed by atoms with E-state index in [-0.39, 0.29) is 4.90 Å². The minimum Gasteiger partial charge on any atom is -0.443 e. The predicted molar refractivity (Wildman–Crippen MR) is 81.9 cm³/mol. The number of anilines is 1. The van der Waals surface area contributed by atoms with Crippen LogP contribution in [0.25, 0.3) is 0 Å². The maximum absolute atomic E-state index is 12.1. The van der Waals surface area contributed by atoms with Crippen molar-refractivity contribution < 1.29 is 17.9 Å². The van der Waals surface area contributed by atoms with Crippen LogP contribution >= 0.6 is 0 Å². The van der Waals surface area contributed by atoms with Gasteiger partial charge in [0.2, 0.25) is 10.0 Å². The molecule has 1 aromatic carbocycles. The van der Waals surface area contributed by atoms with Crippen LogP contribution in [0.4, 0.5) is 10.5 Å². The second kappa shape index (κ2) is 5.65. The Bertz CT molecular complexity index is 660. The molecule has 0 saturated heterocycles. The van der Waals surface area contributed by atoms with Crippen LogP contribution in [-0.2, 0) is 14.8 Å². The average Bonchev–Trinajstić information content (AvgIpc) is 2.27. The molecule has 6 nitrogen and oxygen atoms in total. The second-order valence-corrected chi connectivity index (χ2v) is 7.53. The van der Waals surface area contributed by atoms with E-state index in [0.717, 1.165) is 11.1 Å². The molecule has 0 atom stereocenters. The molecule has 2 N–H and O–H groups in total. The average molecular weight is 314 g/mol. The smallest absolute Gasteiger partial charge is 0.414 e. The number of hydrogen-bond donors (Lipinski definition) is 1. The Morgan fingerprint density at radius 1 is 1.24 bits per heavy atom. The number of ether oxygens (including phenoxy) is 1. The minimum absolute atomic E-state index is 0.0315. The Morgan fingerprint density at radius 3 is 2.19 bits per heavy atom. The molecule has 0 radical (unpaired) electrons. The number of aryl methyl sites for hydroxylation is 1. The number of rotatable bonds is 2. The molecule has 0 aliphatic rings. The summed E-state index contributed by atoms with van der Waals surface area (Å²) in [6, 6.07) is 2.86. The first-order valence-corrected chi connectivity index (χ1v) is 7.98. The van der Waals surface area contributed by atoms with Crippen molar-refractivity contribution in [2.45, 2.75) is 45.1 Å². The monoisotopic (exact) mass is 314 g/mol. The molecule has 0 saturated carbocycles. The zero-order valence-corrected chi connectivity index (χ0v) is 14.0. The number of carbonyl (C=O) groups excluding carboxylic acids is 1. The lowest BCUT2D eigenvalue weighted by Crippen LogP contribution is -2.34. The maximum atomic E-state index is 12.1. The Hall–Kier alpha value is -1.60. The molecule has 21 heavy (non-hydrogen) atoms. The van der Waals surface area contributed by atoms with Gasteiger partial charge in [-0.3, -0.25) is 4.90 Å². The molecule has 0 aliphatic carbocycles. The molecule has 0 fully saturated rings. The Kier molecular flexibility index (Phi) is 4.70. The zero-order valence-electron chi connectivity index (χ0n) is 13.2. The van der Waals surface area contributed by atoms with Crippen molar-refractivity contribution in [1.29, 1.82) is 0 Å². The van der Waals surface area contributed by atoms with Gasteiger partial charge in [-0.2, -0.15) is 0 Å². The molecule has 1 amide bonds. The summed E-state index contributed by atoms with van der Waals surface area (Å²) in [5.74, 6) is 0. The second-order valence-electron chi connectivity index (χ2n) is 5.97. The van der Waals surface area contributed by atoms with Gasteiger partial charge in [0.05, 0.1) is 10.6 Å². The molecule has 1 rings (SSSR count). The van der Waals surface area contributed by atoms with Gasteiger partial charge in [0.1, 0.15) is 5.60 Å². The van der Waals surface area contributed by atoms with Crippen LogP contribution in [-0.4, -0.2) is 27.2 Å². The number of hydrogen-bond acceptors (Lipinski definition) is 4. The summed E-state index contributed by atoms with van der Waals surface area (Å²) in [4.78, 5) is 13.4. The zero-order chi connectivity index (χ0) is 16.6. The summed E-state index contributed by atoms with van der Waals surface area (Å²) in [7, 11) is -2.31. The number of primary sulfonamides is 1. The van der Waals surface area contributed by atoms with Gasteiger partial charge in [0.25, 0.3) is 0 Å². The fraction of sp³-hybridized carbons (Fsp3) is 0.500. The molecule has 0 aliphatic heterocycles. The summed E-state index contributed by atoms with van der Waals surface area (Å²) in [5.41, 5.74) is 1.34. The van der Waals surface area contributed by atoms with Crippen molar-refractivity contribution in [3.05, 3.63) is 23.3 Å². The molecule has 118 valence electrons. The van der Waals surface area contributed by atoms with Crippen LogP contribution in [0.1, 0.15) is 31.9 Å². The SMILES string of the molecule is Cc1cc(S(N)(=O)=O)cc(N(C)C(=O)OC(C)(C)C)c1C. The molecule has 0 heterocycles. The first kappa shape index (κ1) is 17.5. The van der Waals surface area contributed by atoms with Crippen molar-refractivity contribution in [2.75, 3.05) is 11.9 Å². The van der Waals surface area contributed by atoms with Gasteiger partial charge in [-0.15, -0.1) is 0 Å². The topological polar surface area (TPSA) is 89.7 Å². The van der Waals surface area contributed by atoms with Gasteiger partial charge in [0, 0.05) is 7.05 Å². The molecule has 1 aromatic rings. The highest BCUT2D eigenvalue weighted by molar-refractivity contribution is 7.89. The normalized spacial score (nSPS) is 12.1.